The first kappa shape index (κ1) is 14.9. The Hall–Kier alpha value is -1.02. The predicted molar refractivity (Wildman–Crippen MR) is 85.3 cm³/mol. The molecule has 1 aromatic rings. The lowest BCUT2D eigenvalue weighted by molar-refractivity contribution is -0.137. The quantitative estimate of drug-likeness (QED) is 0.812. The lowest BCUT2D eigenvalue weighted by Crippen LogP contribution is -2.34. The van der Waals surface area contributed by atoms with E-state index in [1.165, 1.54) is 17.5 Å². The van der Waals surface area contributed by atoms with Crippen LogP contribution >= 0.6 is 11.6 Å². The molecule has 2 atom stereocenters. The van der Waals surface area contributed by atoms with Crippen molar-refractivity contribution in [3.8, 4) is 0 Å². The van der Waals surface area contributed by atoms with Gasteiger partial charge in [-0.2, -0.15) is 0 Å². The number of hydrogen-bond donors (Lipinski definition) is 1. The van der Waals surface area contributed by atoms with Crippen molar-refractivity contribution in [3.05, 3.63) is 34.9 Å². The van der Waals surface area contributed by atoms with E-state index < -0.39 is 10.8 Å². The third kappa shape index (κ3) is 2.19. The second-order valence-corrected chi connectivity index (χ2v) is 8.67. The largest absolute Gasteiger partial charge is 0.480 e. The van der Waals surface area contributed by atoms with Crippen LogP contribution in [0.3, 0.4) is 0 Å². The first-order valence-corrected chi connectivity index (χ1v) is 8.03. The second-order valence-electron chi connectivity index (χ2n) is 8.00. The summed E-state index contributed by atoms with van der Waals surface area (Å²) in [5, 5.41) is 9.24. The highest BCUT2D eigenvalue weighted by Gasteiger charge is 2.60. The topological polar surface area (TPSA) is 37.3 Å². The third-order valence-corrected chi connectivity index (χ3v) is 6.11. The highest BCUT2D eigenvalue weighted by molar-refractivity contribution is 6.37. The summed E-state index contributed by atoms with van der Waals surface area (Å²) in [4.78, 5) is 10.2. The van der Waals surface area contributed by atoms with Crippen molar-refractivity contribution in [1.29, 1.82) is 0 Å². The molecule has 2 nitrogen and oxygen atoms in total. The lowest BCUT2D eigenvalue weighted by Gasteiger charge is -2.42. The van der Waals surface area contributed by atoms with Crippen molar-refractivity contribution in [2.45, 2.75) is 68.6 Å². The summed E-state index contributed by atoms with van der Waals surface area (Å²) in [5.74, 6) is -0.950. The van der Waals surface area contributed by atoms with Crippen LogP contribution in [0.4, 0.5) is 0 Å². The van der Waals surface area contributed by atoms with Gasteiger partial charge in [-0.3, -0.25) is 4.79 Å². The van der Waals surface area contributed by atoms with E-state index in [0.717, 1.165) is 12.0 Å². The van der Waals surface area contributed by atoms with E-state index >= 15 is 0 Å². The first-order valence-electron chi connectivity index (χ1n) is 7.65. The van der Waals surface area contributed by atoms with Crippen molar-refractivity contribution in [2.24, 2.45) is 0 Å². The monoisotopic (exact) mass is 306 g/mol. The van der Waals surface area contributed by atoms with Crippen LogP contribution < -0.4 is 0 Å². The number of carboxylic acids is 1. The Morgan fingerprint density at radius 3 is 2.24 bits per heavy atom. The molecule has 0 radical (unpaired) electrons. The molecule has 2 aliphatic carbocycles. The zero-order chi connectivity index (χ0) is 15.6. The minimum Gasteiger partial charge on any atom is -0.480 e. The molecule has 0 heterocycles. The van der Waals surface area contributed by atoms with E-state index in [0.29, 0.717) is 6.42 Å². The van der Waals surface area contributed by atoms with Crippen LogP contribution in [0.25, 0.3) is 0 Å². The zero-order valence-corrected chi connectivity index (χ0v) is 13.9. The molecule has 3 rings (SSSR count). The van der Waals surface area contributed by atoms with Gasteiger partial charge < -0.3 is 5.11 Å². The van der Waals surface area contributed by atoms with Crippen molar-refractivity contribution >= 4 is 17.6 Å². The SMILES string of the molecule is CC1(C)CCC(C)(C)c2cc(C3CC3(Cl)C(=O)O)ccc21. The van der Waals surface area contributed by atoms with E-state index in [4.69, 9.17) is 11.6 Å². The Balaban J connectivity index is 2.04. The van der Waals surface area contributed by atoms with Crippen molar-refractivity contribution in [2.75, 3.05) is 0 Å². The van der Waals surface area contributed by atoms with Gasteiger partial charge in [0.2, 0.25) is 0 Å². The van der Waals surface area contributed by atoms with Gasteiger partial charge in [0, 0.05) is 5.92 Å². The molecule has 21 heavy (non-hydrogen) atoms. The van der Waals surface area contributed by atoms with Gasteiger partial charge in [-0.05, 0) is 46.8 Å². The van der Waals surface area contributed by atoms with E-state index in [9.17, 15) is 9.90 Å². The number of benzene rings is 1. The van der Waals surface area contributed by atoms with Crippen LogP contribution in [0, 0.1) is 0 Å². The summed E-state index contributed by atoms with van der Waals surface area (Å²) in [5.41, 5.74) is 4.19. The maximum atomic E-state index is 11.3. The molecular formula is C18H23ClO2. The molecule has 1 N–H and O–H groups in total. The fourth-order valence-electron chi connectivity index (χ4n) is 3.68. The minimum absolute atomic E-state index is 0.0530. The average Bonchev–Trinajstić information content (AvgIpc) is 3.09. The molecule has 0 aromatic heterocycles. The molecule has 114 valence electrons. The van der Waals surface area contributed by atoms with Gasteiger partial charge in [-0.25, -0.2) is 0 Å². The molecule has 1 aromatic carbocycles. The van der Waals surface area contributed by atoms with Crippen LogP contribution in [-0.2, 0) is 15.6 Å². The molecular weight excluding hydrogens is 284 g/mol. The smallest absolute Gasteiger partial charge is 0.325 e. The normalized spacial score (nSPS) is 32.3. The summed E-state index contributed by atoms with van der Waals surface area (Å²) < 4.78 is 0. The van der Waals surface area contributed by atoms with Crippen LogP contribution in [0.1, 0.15) is 69.6 Å². The molecule has 2 aliphatic rings. The molecule has 0 amide bonds. The van der Waals surface area contributed by atoms with Gasteiger partial charge in [0.15, 0.2) is 0 Å². The van der Waals surface area contributed by atoms with E-state index in [1.54, 1.807) is 0 Å². The van der Waals surface area contributed by atoms with Crippen LogP contribution in [-0.4, -0.2) is 16.0 Å². The fourth-order valence-corrected chi connectivity index (χ4v) is 3.96. The molecule has 0 aliphatic heterocycles. The van der Waals surface area contributed by atoms with Crippen molar-refractivity contribution in [1.82, 2.24) is 0 Å². The van der Waals surface area contributed by atoms with Crippen molar-refractivity contribution in [3.63, 3.8) is 0 Å². The maximum absolute atomic E-state index is 11.3. The number of carboxylic acid groups (broad SMARTS) is 1. The van der Waals surface area contributed by atoms with Crippen molar-refractivity contribution < 1.29 is 9.90 Å². The number of rotatable bonds is 2. The van der Waals surface area contributed by atoms with Gasteiger partial charge in [-0.15, -0.1) is 11.6 Å². The highest BCUT2D eigenvalue weighted by atomic mass is 35.5. The Morgan fingerprint density at radius 1 is 1.14 bits per heavy atom. The Kier molecular flexibility index (Phi) is 3.02. The number of halogens is 1. The molecule has 0 saturated heterocycles. The number of hydrogen-bond acceptors (Lipinski definition) is 1. The van der Waals surface area contributed by atoms with Gasteiger partial charge >= 0.3 is 5.97 Å². The maximum Gasteiger partial charge on any atom is 0.325 e. The fraction of sp³-hybridized carbons (Fsp3) is 0.611. The number of alkyl halides is 1. The van der Waals surface area contributed by atoms with Crippen LogP contribution in [0.2, 0.25) is 0 Å². The summed E-state index contributed by atoms with van der Waals surface area (Å²) in [6.45, 7) is 9.15. The first-order chi connectivity index (χ1) is 9.58. The molecule has 3 heteroatoms. The van der Waals surface area contributed by atoms with Gasteiger partial charge in [-0.1, -0.05) is 45.9 Å². The molecule has 1 fully saturated rings. The Bertz CT molecular complexity index is 618. The zero-order valence-electron chi connectivity index (χ0n) is 13.2. The highest BCUT2D eigenvalue weighted by Crippen LogP contribution is 2.58. The summed E-state index contributed by atoms with van der Waals surface area (Å²) in [7, 11) is 0. The van der Waals surface area contributed by atoms with E-state index in [2.05, 4.69) is 45.9 Å². The number of aliphatic carboxylic acids is 1. The van der Waals surface area contributed by atoms with Gasteiger partial charge in [0.05, 0.1) is 0 Å². The van der Waals surface area contributed by atoms with E-state index in [-0.39, 0.29) is 16.7 Å². The summed E-state index contributed by atoms with van der Waals surface area (Å²) in [6, 6.07) is 6.50. The molecule has 2 unspecified atom stereocenters. The number of fused-ring (bicyclic) bond motifs is 1. The number of carbonyl (C=O) groups is 1. The van der Waals surface area contributed by atoms with Crippen LogP contribution in [0.5, 0.6) is 0 Å². The standard InChI is InChI=1S/C18H23ClO2/c1-16(2)7-8-17(3,4)13-9-11(5-6-12(13)16)14-10-18(14,19)15(20)21/h5-6,9,14H,7-8,10H2,1-4H3,(H,20,21). The van der Waals surface area contributed by atoms with Gasteiger partial charge in [0.25, 0.3) is 0 Å². The average molecular weight is 307 g/mol. The minimum atomic E-state index is -1.08. The van der Waals surface area contributed by atoms with E-state index in [1.807, 2.05) is 0 Å². The lowest BCUT2D eigenvalue weighted by atomic mass is 9.63. The molecule has 0 bridgehead atoms. The second kappa shape index (κ2) is 4.25. The summed E-state index contributed by atoms with van der Waals surface area (Å²) in [6.07, 6.45) is 2.88. The summed E-state index contributed by atoms with van der Waals surface area (Å²) >= 11 is 6.19. The van der Waals surface area contributed by atoms with Crippen LogP contribution in [0.15, 0.2) is 18.2 Å². The molecule has 1 saturated carbocycles. The molecule has 0 spiro atoms. The van der Waals surface area contributed by atoms with Gasteiger partial charge in [0.1, 0.15) is 4.87 Å². The Labute approximate surface area is 131 Å². The predicted octanol–water partition coefficient (Wildman–Crippen LogP) is 4.59. The Morgan fingerprint density at radius 2 is 1.71 bits per heavy atom. The third-order valence-electron chi connectivity index (χ3n) is 5.53.